The first-order valence-electron chi connectivity index (χ1n) is 7.39. The molecule has 1 aliphatic rings. The molecule has 0 radical (unpaired) electrons. The van der Waals surface area contributed by atoms with Gasteiger partial charge >= 0.3 is 5.97 Å². The molecule has 0 N–H and O–H groups in total. The molecular formula is C19H17ClO3. The van der Waals surface area contributed by atoms with E-state index in [0.29, 0.717) is 10.6 Å². The highest BCUT2D eigenvalue weighted by Gasteiger charge is 2.19. The van der Waals surface area contributed by atoms with E-state index in [0.717, 1.165) is 35.3 Å². The Balaban J connectivity index is 2.13. The molecule has 0 bridgehead atoms. The molecule has 0 fully saturated rings. The van der Waals surface area contributed by atoms with Gasteiger partial charge in [0.1, 0.15) is 5.75 Å². The fourth-order valence-electron chi connectivity index (χ4n) is 2.91. The van der Waals surface area contributed by atoms with Gasteiger partial charge in [0.25, 0.3) is 0 Å². The zero-order chi connectivity index (χ0) is 16.4. The summed E-state index contributed by atoms with van der Waals surface area (Å²) < 4.78 is 10.3. The van der Waals surface area contributed by atoms with E-state index < -0.39 is 0 Å². The van der Waals surface area contributed by atoms with Gasteiger partial charge in [-0.15, -0.1) is 0 Å². The monoisotopic (exact) mass is 328 g/mol. The molecule has 23 heavy (non-hydrogen) atoms. The normalized spacial score (nSPS) is 13.1. The van der Waals surface area contributed by atoms with Crippen LogP contribution in [0, 0.1) is 0 Å². The van der Waals surface area contributed by atoms with Crippen molar-refractivity contribution in [1.82, 2.24) is 0 Å². The van der Waals surface area contributed by atoms with E-state index in [1.54, 1.807) is 13.2 Å². The summed E-state index contributed by atoms with van der Waals surface area (Å²) in [5, 5.41) is 0.630. The lowest BCUT2D eigenvalue weighted by Gasteiger charge is -2.20. The van der Waals surface area contributed by atoms with E-state index >= 15 is 0 Å². The molecular weight excluding hydrogens is 312 g/mol. The van der Waals surface area contributed by atoms with Crippen LogP contribution in [0.3, 0.4) is 0 Å². The van der Waals surface area contributed by atoms with Crippen LogP contribution in [-0.4, -0.2) is 20.2 Å². The number of methoxy groups -OCH3 is 2. The van der Waals surface area contributed by atoms with Crippen LogP contribution >= 0.6 is 11.6 Å². The molecule has 0 unspecified atom stereocenters. The van der Waals surface area contributed by atoms with Gasteiger partial charge in [-0.2, -0.15) is 0 Å². The summed E-state index contributed by atoms with van der Waals surface area (Å²) in [5.74, 6) is 0.390. The Labute approximate surface area is 140 Å². The first-order valence-corrected chi connectivity index (χ1v) is 7.77. The standard InChI is InChI=1S/C19H17ClO3/c1-22-18-11-14(20)8-9-16(18)15-5-3-4-12-6-7-13(10-17(12)15)19(21)23-2/h5-11H,3-4H2,1-2H3. The van der Waals surface area contributed by atoms with Gasteiger partial charge in [-0.05, 0) is 59.9 Å². The molecule has 1 aliphatic carbocycles. The minimum Gasteiger partial charge on any atom is -0.496 e. The van der Waals surface area contributed by atoms with E-state index in [4.69, 9.17) is 21.1 Å². The van der Waals surface area contributed by atoms with Crippen LogP contribution < -0.4 is 4.74 Å². The highest BCUT2D eigenvalue weighted by atomic mass is 35.5. The van der Waals surface area contributed by atoms with Crippen molar-refractivity contribution in [2.45, 2.75) is 12.8 Å². The van der Waals surface area contributed by atoms with Gasteiger partial charge in [0.15, 0.2) is 0 Å². The topological polar surface area (TPSA) is 35.5 Å². The van der Waals surface area contributed by atoms with Crippen LogP contribution in [0.4, 0.5) is 0 Å². The largest absolute Gasteiger partial charge is 0.496 e. The summed E-state index contributed by atoms with van der Waals surface area (Å²) in [5.41, 5.74) is 4.84. The van der Waals surface area contributed by atoms with Gasteiger partial charge < -0.3 is 9.47 Å². The fraction of sp³-hybridized carbons (Fsp3) is 0.211. The van der Waals surface area contributed by atoms with E-state index in [2.05, 4.69) is 6.08 Å². The summed E-state index contributed by atoms with van der Waals surface area (Å²) in [6.07, 6.45) is 4.08. The summed E-state index contributed by atoms with van der Waals surface area (Å²) >= 11 is 6.06. The van der Waals surface area contributed by atoms with Crippen LogP contribution in [0.25, 0.3) is 5.57 Å². The van der Waals surface area contributed by atoms with Crippen molar-refractivity contribution < 1.29 is 14.3 Å². The number of halogens is 1. The predicted octanol–water partition coefficient (Wildman–Crippen LogP) is 4.51. The first-order chi connectivity index (χ1) is 11.1. The molecule has 2 aromatic rings. The maximum absolute atomic E-state index is 11.8. The Morgan fingerprint density at radius 3 is 2.65 bits per heavy atom. The molecule has 2 aromatic carbocycles. The Kier molecular flexibility index (Phi) is 4.39. The van der Waals surface area contributed by atoms with E-state index in [1.807, 2.05) is 30.3 Å². The number of hydrogen-bond acceptors (Lipinski definition) is 3. The SMILES string of the molecule is COC(=O)c1ccc2c(c1)C(c1ccc(Cl)cc1OC)=CCC2. The summed E-state index contributed by atoms with van der Waals surface area (Å²) in [7, 11) is 3.02. The van der Waals surface area contributed by atoms with Crippen molar-refractivity contribution >= 4 is 23.1 Å². The summed E-state index contributed by atoms with van der Waals surface area (Å²) in [4.78, 5) is 11.8. The zero-order valence-electron chi connectivity index (χ0n) is 13.1. The van der Waals surface area contributed by atoms with Crippen molar-refractivity contribution in [3.8, 4) is 5.75 Å². The van der Waals surface area contributed by atoms with Gasteiger partial charge in [-0.25, -0.2) is 4.79 Å². The van der Waals surface area contributed by atoms with Crippen LogP contribution in [0.1, 0.15) is 33.5 Å². The maximum Gasteiger partial charge on any atom is 0.337 e. The number of carbonyl (C=O) groups is 1. The van der Waals surface area contributed by atoms with Crippen LogP contribution in [0.5, 0.6) is 5.75 Å². The Morgan fingerprint density at radius 1 is 1.09 bits per heavy atom. The van der Waals surface area contributed by atoms with Crippen molar-refractivity contribution in [3.05, 3.63) is 69.8 Å². The molecule has 0 aliphatic heterocycles. The number of benzene rings is 2. The second kappa shape index (κ2) is 6.47. The van der Waals surface area contributed by atoms with E-state index in [9.17, 15) is 4.79 Å². The minimum atomic E-state index is -0.333. The van der Waals surface area contributed by atoms with Crippen molar-refractivity contribution in [2.24, 2.45) is 0 Å². The van der Waals surface area contributed by atoms with Gasteiger partial charge in [0.2, 0.25) is 0 Å². The molecule has 0 saturated carbocycles. The van der Waals surface area contributed by atoms with Gasteiger partial charge in [0.05, 0.1) is 19.8 Å². The minimum absolute atomic E-state index is 0.333. The zero-order valence-corrected chi connectivity index (χ0v) is 13.8. The molecule has 0 aromatic heterocycles. The van der Waals surface area contributed by atoms with Crippen molar-refractivity contribution in [1.29, 1.82) is 0 Å². The smallest absolute Gasteiger partial charge is 0.337 e. The molecule has 0 spiro atoms. The number of allylic oxidation sites excluding steroid dienone is 1. The Morgan fingerprint density at radius 2 is 1.91 bits per heavy atom. The molecule has 3 nitrogen and oxygen atoms in total. The molecule has 0 atom stereocenters. The summed E-state index contributed by atoms with van der Waals surface area (Å²) in [6, 6.07) is 11.3. The molecule has 0 amide bonds. The molecule has 3 rings (SSSR count). The fourth-order valence-corrected chi connectivity index (χ4v) is 3.08. The quantitative estimate of drug-likeness (QED) is 0.777. The second-order valence-corrected chi connectivity index (χ2v) is 5.80. The summed E-state index contributed by atoms with van der Waals surface area (Å²) in [6.45, 7) is 0. The van der Waals surface area contributed by atoms with Gasteiger partial charge in [-0.3, -0.25) is 0 Å². The third-order valence-electron chi connectivity index (χ3n) is 4.04. The third-order valence-corrected chi connectivity index (χ3v) is 4.27. The lowest BCUT2D eigenvalue weighted by atomic mass is 9.85. The van der Waals surface area contributed by atoms with Crippen LogP contribution in [0.15, 0.2) is 42.5 Å². The third kappa shape index (κ3) is 2.97. The molecule has 0 saturated heterocycles. The first kappa shape index (κ1) is 15.6. The average Bonchev–Trinajstić information content (AvgIpc) is 2.60. The second-order valence-electron chi connectivity index (χ2n) is 5.36. The number of fused-ring (bicyclic) bond motifs is 1. The van der Waals surface area contributed by atoms with E-state index in [1.165, 1.54) is 12.7 Å². The van der Waals surface area contributed by atoms with Gasteiger partial charge in [-0.1, -0.05) is 23.7 Å². The van der Waals surface area contributed by atoms with Crippen molar-refractivity contribution in [3.63, 3.8) is 0 Å². The van der Waals surface area contributed by atoms with E-state index in [-0.39, 0.29) is 5.97 Å². The maximum atomic E-state index is 11.8. The molecule has 118 valence electrons. The number of rotatable bonds is 3. The average molecular weight is 329 g/mol. The van der Waals surface area contributed by atoms with Gasteiger partial charge in [0, 0.05) is 10.6 Å². The lowest BCUT2D eigenvalue weighted by molar-refractivity contribution is 0.0600. The number of esters is 1. The Hall–Kier alpha value is -2.26. The highest BCUT2D eigenvalue weighted by molar-refractivity contribution is 6.30. The molecule has 4 heteroatoms. The number of carbonyl (C=O) groups excluding carboxylic acids is 1. The highest BCUT2D eigenvalue weighted by Crippen LogP contribution is 2.37. The predicted molar refractivity (Wildman–Crippen MR) is 91.2 cm³/mol. The lowest BCUT2D eigenvalue weighted by Crippen LogP contribution is -2.07. The van der Waals surface area contributed by atoms with Crippen molar-refractivity contribution in [2.75, 3.05) is 14.2 Å². The Bertz CT molecular complexity index is 793. The number of aryl methyl sites for hydroxylation is 1. The number of hydrogen-bond donors (Lipinski definition) is 0. The van der Waals surface area contributed by atoms with Crippen LogP contribution in [-0.2, 0) is 11.2 Å². The van der Waals surface area contributed by atoms with Crippen LogP contribution in [0.2, 0.25) is 5.02 Å². The molecule has 0 heterocycles. The number of ether oxygens (including phenoxy) is 2.